The van der Waals surface area contributed by atoms with Crippen LogP contribution in [0.2, 0.25) is 0 Å². The van der Waals surface area contributed by atoms with Crippen molar-refractivity contribution < 1.29 is 22.4 Å². The van der Waals surface area contributed by atoms with Crippen molar-refractivity contribution in [1.29, 1.82) is 0 Å². The van der Waals surface area contributed by atoms with E-state index in [0.717, 1.165) is 17.8 Å². The number of nitrogens with zero attached hydrogens (tertiary/aromatic N) is 5. The van der Waals surface area contributed by atoms with E-state index in [9.17, 15) is 22.4 Å². The molecule has 0 atom stereocenters. The van der Waals surface area contributed by atoms with E-state index in [1.165, 1.54) is 58.5 Å². The Morgan fingerprint density at radius 1 is 0.971 bits per heavy atom. The molecular weight excluding hydrogens is 470 g/mol. The third kappa shape index (κ3) is 4.93. The lowest BCUT2D eigenvalue weighted by Gasteiger charge is -2.18. The van der Waals surface area contributed by atoms with Crippen molar-refractivity contribution in [2.24, 2.45) is 0 Å². The van der Waals surface area contributed by atoms with E-state index in [0.29, 0.717) is 17.4 Å². The summed E-state index contributed by atoms with van der Waals surface area (Å²) < 4.78 is 56.7. The Balaban J connectivity index is 1.67. The predicted molar refractivity (Wildman–Crippen MR) is 117 cm³/mol. The van der Waals surface area contributed by atoms with Gasteiger partial charge in [0.2, 0.25) is 0 Å². The smallest absolute Gasteiger partial charge is 0.272 e. The molecule has 0 aliphatic carbocycles. The van der Waals surface area contributed by atoms with Gasteiger partial charge in [0.15, 0.2) is 16.8 Å². The van der Waals surface area contributed by atoms with E-state index < -0.39 is 34.7 Å². The molecule has 0 unspecified atom stereocenters. The van der Waals surface area contributed by atoms with Crippen LogP contribution in [0, 0.1) is 23.3 Å². The summed E-state index contributed by atoms with van der Waals surface area (Å²) in [5, 5.41) is 0.214. The van der Waals surface area contributed by atoms with E-state index in [-0.39, 0.29) is 23.1 Å². The minimum Gasteiger partial charge on any atom is -0.334 e. The third-order valence-corrected chi connectivity index (χ3v) is 5.86. The number of halogens is 4. The fourth-order valence-electron chi connectivity index (χ4n) is 3.19. The number of hydrogen-bond acceptors (Lipinski definition) is 5. The Morgan fingerprint density at radius 2 is 1.71 bits per heavy atom. The van der Waals surface area contributed by atoms with Crippen LogP contribution >= 0.6 is 11.8 Å². The lowest BCUT2D eigenvalue weighted by atomic mass is 10.2. The largest absolute Gasteiger partial charge is 0.334 e. The average Bonchev–Trinajstić information content (AvgIpc) is 3.26. The number of hydrogen-bond donors (Lipinski definition) is 0. The van der Waals surface area contributed by atoms with Crippen LogP contribution in [-0.4, -0.2) is 37.4 Å². The molecule has 0 saturated heterocycles. The number of benzene rings is 2. The van der Waals surface area contributed by atoms with Crippen molar-refractivity contribution in [3.63, 3.8) is 0 Å². The van der Waals surface area contributed by atoms with Gasteiger partial charge in [0.25, 0.3) is 5.91 Å². The topological polar surface area (TPSA) is 63.9 Å². The summed E-state index contributed by atoms with van der Waals surface area (Å²) in [4.78, 5) is 27.0. The molecule has 34 heavy (non-hydrogen) atoms. The number of carbonyl (C=O) groups excluding carboxylic acids is 1. The van der Waals surface area contributed by atoms with Crippen LogP contribution < -0.4 is 0 Å². The average molecular weight is 487 g/mol. The third-order valence-electron chi connectivity index (χ3n) is 4.88. The summed E-state index contributed by atoms with van der Waals surface area (Å²) in [6.45, 7) is 0.170. The van der Waals surface area contributed by atoms with Crippen LogP contribution in [0.3, 0.4) is 0 Å². The van der Waals surface area contributed by atoms with Gasteiger partial charge in [-0.05, 0) is 36.4 Å². The molecule has 2 heterocycles. The molecule has 0 spiro atoms. The Bertz CT molecular complexity index is 1320. The molecule has 2 aromatic carbocycles. The second-order valence-corrected chi connectivity index (χ2v) is 8.15. The first-order valence-corrected chi connectivity index (χ1v) is 10.9. The number of rotatable bonds is 7. The first-order chi connectivity index (χ1) is 16.3. The summed E-state index contributed by atoms with van der Waals surface area (Å²) in [6, 6.07) is 6.88. The molecule has 11 heteroatoms. The zero-order chi connectivity index (χ0) is 24.2. The summed E-state index contributed by atoms with van der Waals surface area (Å²) in [7, 11) is 1.57. The monoisotopic (exact) mass is 487 g/mol. The van der Waals surface area contributed by atoms with Crippen LogP contribution in [0.1, 0.15) is 21.7 Å². The molecule has 1 amide bonds. The van der Waals surface area contributed by atoms with Gasteiger partial charge in [-0.15, -0.1) is 0 Å². The summed E-state index contributed by atoms with van der Waals surface area (Å²) >= 11 is 0.909. The van der Waals surface area contributed by atoms with Crippen LogP contribution in [-0.2, 0) is 12.3 Å². The number of aromatic nitrogens is 4. The maximum atomic E-state index is 14.1. The first-order valence-electron chi connectivity index (χ1n) is 9.94. The maximum absolute atomic E-state index is 14.1. The highest BCUT2D eigenvalue weighted by atomic mass is 32.2. The van der Waals surface area contributed by atoms with Gasteiger partial charge < -0.3 is 4.90 Å². The van der Waals surface area contributed by atoms with Crippen LogP contribution in [0.25, 0.3) is 5.69 Å². The fourth-order valence-corrected chi connectivity index (χ4v) is 4.19. The Hall–Kier alpha value is -3.73. The summed E-state index contributed by atoms with van der Waals surface area (Å²) in [5.41, 5.74) is 0.669. The van der Waals surface area contributed by atoms with E-state index in [2.05, 4.69) is 15.0 Å². The Morgan fingerprint density at radius 3 is 2.41 bits per heavy atom. The van der Waals surface area contributed by atoms with Gasteiger partial charge in [-0.2, -0.15) is 0 Å². The normalized spacial score (nSPS) is 11.0. The molecule has 6 nitrogen and oxygen atoms in total. The molecule has 4 aromatic rings. The van der Waals surface area contributed by atoms with Crippen LogP contribution in [0.4, 0.5) is 17.6 Å². The van der Waals surface area contributed by atoms with Crippen molar-refractivity contribution in [3.05, 3.63) is 101 Å². The van der Waals surface area contributed by atoms with Crippen molar-refractivity contribution in [3.8, 4) is 5.69 Å². The number of carbonyl (C=O) groups is 1. The molecule has 0 fully saturated rings. The molecule has 0 aliphatic heterocycles. The molecule has 0 aliphatic rings. The van der Waals surface area contributed by atoms with Crippen molar-refractivity contribution in [2.45, 2.75) is 17.5 Å². The maximum Gasteiger partial charge on any atom is 0.272 e. The molecule has 0 N–H and O–H groups in total. The molecule has 0 saturated carbocycles. The van der Waals surface area contributed by atoms with E-state index in [1.807, 2.05) is 0 Å². The molecule has 0 bridgehead atoms. The molecule has 4 rings (SSSR count). The van der Waals surface area contributed by atoms with E-state index >= 15 is 0 Å². The van der Waals surface area contributed by atoms with Crippen LogP contribution in [0.5, 0.6) is 0 Å². The summed E-state index contributed by atoms with van der Waals surface area (Å²) in [6.07, 6.45) is 5.88. The van der Waals surface area contributed by atoms with Gasteiger partial charge in [0, 0.05) is 36.4 Å². The van der Waals surface area contributed by atoms with Gasteiger partial charge in [-0.1, -0.05) is 11.8 Å². The second-order valence-electron chi connectivity index (χ2n) is 7.21. The molecule has 174 valence electrons. The predicted octanol–water partition coefficient (Wildman–Crippen LogP) is 4.78. The Kier molecular flexibility index (Phi) is 6.92. The molecular formula is C23H17F4N5OS. The summed E-state index contributed by atoms with van der Waals surface area (Å²) in [5.74, 6) is -4.53. The number of thioether (sulfide) groups is 1. The van der Waals surface area contributed by atoms with Gasteiger partial charge in [0.1, 0.15) is 17.3 Å². The van der Waals surface area contributed by atoms with E-state index in [1.54, 1.807) is 7.05 Å². The quantitative estimate of drug-likeness (QED) is 0.213. The van der Waals surface area contributed by atoms with Crippen molar-refractivity contribution in [2.75, 3.05) is 7.05 Å². The second kappa shape index (κ2) is 10.0. The highest BCUT2D eigenvalue weighted by Crippen LogP contribution is 2.29. The zero-order valence-electron chi connectivity index (χ0n) is 17.8. The lowest BCUT2D eigenvalue weighted by Crippen LogP contribution is -2.28. The number of amides is 1. The minimum absolute atomic E-state index is 0.140. The standard InChI is InChI=1S/C23H17F4N5OS/c1-31(12-15-10-28-8-9-29-15)22(33)20-11-30-23(32(20)16-4-2-14(24)3-5-16)34-13-17-18(25)6-7-19(26)21(17)27/h2-11H,12-13H2,1H3. The zero-order valence-corrected chi connectivity index (χ0v) is 18.6. The SMILES string of the molecule is CN(Cc1cnccn1)C(=O)c1cnc(SCc2c(F)ccc(F)c2F)n1-c1ccc(F)cc1. The van der Waals surface area contributed by atoms with Gasteiger partial charge in [0.05, 0.1) is 24.6 Å². The fraction of sp³-hybridized carbons (Fsp3) is 0.130. The van der Waals surface area contributed by atoms with Gasteiger partial charge in [-0.3, -0.25) is 19.3 Å². The van der Waals surface area contributed by atoms with Crippen molar-refractivity contribution >= 4 is 17.7 Å². The molecule has 0 radical (unpaired) electrons. The van der Waals surface area contributed by atoms with Crippen molar-refractivity contribution in [1.82, 2.24) is 24.4 Å². The highest BCUT2D eigenvalue weighted by molar-refractivity contribution is 7.98. The highest BCUT2D eigenvalue weighted by Gasteiger charge is 2.23. The first kappa shape index (κ1) is 23.4. The van der Waals surface area contributed by atoms with Gasteiger partial charge in [-0.25, -0.2) is 22.5 Å². The number of imidazole rings is 1. The Labute approximate surface area is 196 Å². The van der Waals surface area contributed by atoms with E-state index in [4.69, 9.17) is 0 Å². The van der Waals surface area contributed by atoms with Gasteiger partial charge >= 0.3 is 0 Å². The lowest BCUT2D eigenvalue weighted by molar-refractivity contribution is 0.0774. The van der Waals surface area contributed by atoms with Crippen LogP contribution in [0.15, 0.2) is 66.3 Å². The molecule has 2 aromatic heterocycles. The minimum atomic E-state index is -1.28.